The van der Waals surface area contributed by atoms with Crippen molar-refractivity contribution in [2.24, 2.45) is 0 Å². The monoisotopic (exact) mass is 289 g/mol. The lowest BCUT2D eigenvalue weighted by molar-refractivity contribution is 0.284. The van der Waals surface area contributed by atoms with Gasteiger partial charge in [0.25, 0.3) is 0 Å². The van der Waals surface area contributed by atoms with Gasteiger partial charge in [-0.25, -0.2) is 13.1 Å². The molecular weight excluding hydrogens is 269 g/mol. The Kier molecular flexibility index (Phi) is 4.25. The number of hydrogen-bond acceptors (Lipinski definition) is 3. The quantitative estimate of drug-likeness (QED) is 0.852. The molecule has 0 atom stereocenters. The molecule has 0 saturated heterocycles. The molecule has 1 heterocycles. The molecule has 0 spiro atoms. The van der Waals surface area contributed by atoms with Crippen LogP contribution < -0.4 is 0 Å². The fourth-order valence-electron chi connectivity index (χ4n) is 2.54. The predicted octanol–water partition coefficient (Wildman–Crippen LogP) is 2.00. The zero-order valence-electron chi connectivity index (χ0n) is 11.3. The van der Waals surface area contributed by atoms with Crippen LogP contribution in [0.15, 0.2) is 11.1 Å². The molecule has 108 valence electrons. The first kappa shape index (κ1) is 14.5. The smallest absolute Gasteiger partial charge is 0.239 e. The van der Waals surface area contributed by atoms with Crippen LogP contribution in [-0.4, -0.2) is 35.6 Å². The van der Waals surface area contributed by atoms with Crippen molar-refractivity contribution < 1.29 is 12.8 Å². The zero-order chi connectivity index (χ0) is 14.0. The Hall–Kier alpha value is -0.950. The van der Waals surface area contributed by atoms with E-state index >= 15 is 0 Å². The van der Waals surface area contributed by atoms with Crippen molar-refractivity contribution >= 4 is 10.0 Å². The fraction of sp³-hybridized carbons (Fsp3) is 0.750. The van der Waals surface area contributed by atoms with E-state index in [2.05, 4.69) is 5.10 Å². The highest BCUT2D eigenvalue weighted by Crippen LogP contribution is 2.27. The van der Waals surface area contributed by atoms with E-state index in [0.29, 0.717) is 6.54 Å². The SMILES string of the molecule is CCn1ncc(S(=O)(=O)N(C)C2CCCCC2)c1F. The van der Waals surface area contributed by atoms with Crippen molar-refractivity contribution in [3.8, 4) is 0 Å². The van der Waals surface area contributed by atoms with Crippen molar-refractivity contribution in [2.75, 3.05) is 7.05 Å². The van der Waals surface area contributed by atoms with Crippen molar-refractivity contribution in [1.29, 1.82) is 0 Å². The molecule has 0 bridgehead atoms. The van der Waals surface area contributed by atoms with E-state index in [4.69, 9.17) is 0 Å². The molecule has 7 heteroatoms. The van der Waals surface area contributed by atoms with Crippen molar-refractivity contribution in [2.45, 2.75) is 56.5 Å². The minimum absolute atomic E-state index is 0.0249. The van der Waals surface area contributed by atoms with E-state index in [1.807, 2.05) is 0 Å². The summed E-state index contributed by atoms with van der Waals surface area (Å²) in [7, 11) is -2.25. The van der Waals surface area contributed by atoms with Gasteiger partial charge in [0.1, 0.15) is 0 Å². The molecule has 1 saturated carbocycles. The molecule has 1 aliphatic rings. The van der Waals surface area contributed by atoms with Crippen LogP contribution in [0.3, 0.4) is 0 Å². The Morgan fingerprint density at radius 2 is 2.05 bits per heavy atom. The largest absolute Gasteiger partial charge is 0.249 e. The van der Waals surface area contributed by atoms with Crippen LogP contribution in [0.4, 0.5) is 4.39 Å². The molecule has 0 unspecified atom stereocenters. The highest BCUT2D eigenvalue weighted by atomic mass is 32.2. The third-order valence-electron chi connectivity index (χ3n) is 3.79. The van der Waals surface area contributed by atoms with Gasteiger partial charge in [-0.3, -0.25) is 0 Å². The average molecular weight is 289 g/mol. The summed E-state index contributed by atoms with van der Waals surface area (Å²) < 4.78 is 41.1. The van der Waals surface area contributed by atoms with Gasteiger partial charge in [0.2, 0.25) is 16.0 Å². The number of sulfonamides is 1. The summed E-state index contributed by atoms with van der Waals surface area (Å²) in [5, 5.41) is 3.76. The minimum Gasteiger partial charge on any atom is -0.239 e. The van der Waals surface area contributed by atoms with E-state index in [1.165, 1.54) is 11.4 Å². The first-order valence-electron chi connectivity index (χ1n) is 6.67. The van der Waals surface area contributed by atoms with E-state index < -0.39 is 16.0 Å². The van der Waals surface area contributed by atoms with Gasteiger partial charge in [-0.15, -0.1) is 0 Å². The summed E-state index contributed by atoms with van der Waals surface area (Å²) in [5.74, 6) is -0.773. The second-order valence-corrected chi connectivity index (χ2v) is 6.89. The van der Waals surface area contributed by atoms with Crippen LogP contribution in [0.25, 0.3) is 0 Å². The lowest BCUT2D eigenvalue weighted by Gasteiger charge is -2.29. The topological polar surface area (TPSA) is 55.2 Å². The molecule has 5 nitrogen and oxygen atoms in total. The number of aromatic nitrogens is 2. The number of hydrogen-bond donors (Lipinski definition) is 0. The van der Waals surface area contributed by atoms with Crippen LogP contribution in [0.1, 0.15) is 39.0 Å². The highest BCUT2D eigenvalue weighted by Gasteiger charge is 2.32. The second-order valence-electron chi connectivity index (χ2n) is 4.93. The summed E-state index contributed by atoms with van der Waals surface area (Å²) in [4.78, 5) is -0.317. The number of rotatable bonds is 4. The molecule has 0 aromatic carbocycles. The summed E-state index contributed by atoms with van der Waals surface area (Å²) in [6, 6.07) is -0.0249. The standard InChI is InChI=1S/C12H20FN3O2S/c1-3-16-12(13)11(9-14-16)19(17,18)15(2)10-7-5-4-6-8-10/h9-10H,3-8H2,1-2H3. The van der Waals surface area contributed by atoms with E-state index in [0.717, 1.165) is 43.0 Å². The molecule has 1 aromatic rings. The summed E-state index contributed by atoms with van der Waals surface area (Å²) in [6.07, 6.45) is 6.00. The predicted molar refractivity (Wildman–Crippen MR) is 69.7 cm³/mol. The number of nitrogens with zero attached hydrogens (tertiary/aromatic N) is 3. The maximum atomic E-state index is 14.0. The van der Waals surface area contributed by atoms with Crippen LogP contribution in [-0.2, 0) is 16.6 Å². The summed E-state index contributed by atoms with van der Waals surface area (Å²) in [5.41, 5.74) is 0. The maximum absolute atomic E-state index is 14.0. The molecule has 0 amide bonds. The van der Waals surface area contributed by atoms with Crippen molar-refractivity contribution in [3.63, 3.8) is 0 Å². The van der Waals surface area contributed by atoms with E-state index in [1.54, 1.807) is 6.92 Å². The average Bonchev–Trinajstić information content (AvgIpc) is 2.80. The van der Waals surface area contributed by atoms with Crippen LogP contribution in [0.5, 0.6) is 0 Å². The molecule has 0 N–H and O–H groups in total. The highest BCUT2D eigenvalue weighted by molar-refractivity contribution is 7.89. The van der Waals surface area contributed by atoms with Gasteiger partial charge >= 0.3 is 0 Å². The van der Waals surface area contributed by atoms with Gasteiger partial charge in [-0.05, 0) is 19.8 Å². The van der Waals surface area contributed by atoms with Gasteiger partial charge < -0.3 is 0 Å². The lowest BCUT2D eigenvalue weighted by atomic mass is 9.96. The summed E-state index contributed by atoms with van der Waals surface area (Å²) in [6.45, 7) is 2.03. The Bertz CT molecular complexity index is 535. The van der Waals surface area contributed by atoms with E-state index in [9.17, 15) is 12.8 Å². The van der Waals surface area contributed by atoms with E-state index in [-0.39, 0.29) is 10.9 Å². The normalized spacial score (nSPS) is 18.1. The first-order valence-corrected chi connectivity index (χ1v) is 8.11. The van der Waals surface area contributed by atoms with Crippen LogP contribution in [0.2, 0.25) is 0 Å². The van der Waals surface area contributed by atoms with Gasteiger partial charge in [-0.1, -0.05) is 19.3 Å². The Balaban J connectivity index is 2.27. The van der Waals surface area contributed by atoms with Gasteiger partial charge in [0.15, 0.2) is 4.90 Å². The first-order chi connectivity index (χ1) is 8.98. The zero-order valence-corrected chi connectivity index (χ0v) is 12.2. The Morgan fingerprint density at radius 3 is 2.58 bits per heavy atom. The maximum Gasteiger partial charge on any atom is 0.249 e. The van der Waals surface area contributed by atoms with Gasteiger partial charge in [0, 0.05) is 19.6 Å². The third-order valence-corrected chi connectivity index (χ3v) is 5.68. The van der Waals surface area contributed by atoms with Crippen molar-refractivity contribution in [3.05, 3.63) is 12.1 Å². The van der Waals surface area contributed by atoms with Gasteiger partial charge in [-0.2, -0.15) is 13.8 Å². The van der Waals surface area contributed by atoms with Crippen LogP contribution >= 0.6 is 0 Å². The number of aryl methyl sites for hydroxylation is 1. The Labute approximate surface area is 113 Å². The molecule has 0 radical (unpaired) electrons. The Morgan fingerprint density at radius 1 is 1.42 bits per heavy atom. The minimum atomic E-state index is -3.78. The fourth-order valence-corrected chi connectivity index (χ4v) is 3.95. The third kappa shape index (κ3) is 2.67. The van der Waals surface area contributed by atoms with Crippen LogP contribution in [0, 0.1) is 5.95 Å². The molecule has 1 aromatic heterocycles. The second kappa shape index (κ2) is 5.58. The van der Waals surface area contributed by atoms with Gasteiger partial charge in [0.05, 0.1) is 6.20 Å². The molecule has 1 aliphatic carbocycles. The number of halogens is 1. The van der Waals surface area contributed by atoms with Crippen molar-refractivity contribution in [1.82, 2.24) is 14.1 Å². The molecular formula is C12H20FN3O2S. The molecule has 1 fully saturated rings. The summed E-state index contributed by atoms with van der Waals surface area (Å²) >= 11 is 0. The molecule has 0 aliphatic heterocycles. The molecule has 2 rings (SSSR count). The molecule has 19 heavy (non-hydrogen) atoms. The lowest BCUT2D eigenvalue weighted by Crippen LogP contribution is -2.38.